The molecule has 7 heteroatoms. The lowest BCUT2D eigenvalue weighted by Gasteiger charge is -2.16. The first-order chi connectivity index (χ1) is 13.5. The van der Waals surface area contributed by atoms with Crippen LogP contribution in [0.5, 0.6) is 5.75 Å². The van der Waals surface area contributed by atoms with Gasteiger partial charge in [-0.2, -0.15) is 5.10 Å². The van der Waals surface area contributed by atoms with Gasteiger partial charge in [0.15, 0.2) is 0 Å². The number of methoxy groups -OCH3 is 1. The normalized spacial score (nSPS) is 24.4. The maximum Gasteiger partial charge on any atom is 0.213 e. The molecule has 0 unspecified atom stereocenters. The molecule has 0 N–H and O–H groups in total. The van der Waals surface area contributed by atoms with E-state index in [2.05, 4.69) is 16.8 Å². The number of hydrogen-bond acceptors (Lipinski definition) is 4. The average Bonchev–Trinajstić information content (AvgIpc) is 3.16. The highest BCUT2D eigenvalue weighted by Crippen LogP contribution is 2.48. The van der Waals surface area contributed by atoms with Crippen LogP contribution in [0, 0.1) is 11.8 Å². The van der Waals surface area contributed by atoms with Gasteiger partial charge in [-0.3, -0.25) is 4.68 Å². The van der Waals surface area contributed by atoms with Crippen LogP contribution in [-0.4, -0.2) is 48.5 Å². The maximum atomic E-state index is 12.4. The molecule has 3 aliphatic rings. The molecule has 2 aliphatic carbocycles. The van der Waals surface area contributed by atoms with Gasteiger partial charge >= 0.3 is 0 Å². The summed E-state index contributed by atoms with van der Waals surface area (Å²) in [4.78, 5) is 0. The lowest BCUT2D eigenvalue weighted by atomic mass is 9.93. The third kappa shape index (κ3) is 2.95. The molecule has 28 heavy (non-hydrogen) atoms. The summed E-state index contributed by atoms with van der Waals surface area (Å²) in [5, 5.41) is 5.00. The van der Waals surface area contributed by atoms with Crippen molar-refractivity contribution in [3.8, 4) is 17.0 Å². The molecule has 2 aromatic rings. The summed E-state index contributed by atoms with van der Waals surface area (Å²) in [6.45, 7) is 3.88. The summed E-state index contributed by atoms with van der Waals surface area (Å²) < 4.78 is 34.2. The third-order valence-corrected chi connectivity index (χ3v) is 8.34. The molecule has 2 atom stereocenters. The van der Waals surface area contributed by atoms with Crippen LogP contribution in [0.15, 0.2) is 24.3 Å². The second kappa shape index (κ2) is 6.59. The molecule has 0 amide bonds. The number of nitrogens with zero attached hydrogens (tertiary/aromatic N) is 3. The van der Waals surface area contributed by atoms with Crippen molar-refractivity contribution < 1.29 is 13.2 Å². The summed E-state index contributed by atoms with van der Waals surface area (Å²) in [5.41, 5.74) is 4.73. The summed E-state index contributed by atoms with van der Waals surface area (Å²) in [5.74, 6) is 2.31. The molecule has 5 rings (SSSR count). The minimum atomic E-state index is -3.15. The van der Waals surface area contributed by atoms with E-state index < -0.39 is 10.0 Å². The Morgan fingerprint density at radius 2 is 2.07 bits per heavy atom. The van der Waals surface area contributed by atoms with Crippen molar-refractivity contribution >= 4 is 10.0 Å². The van der Waals surface area contributed by atoms with Crippen molar-refractivity contribution in [2.24, 2.45) is 11.8 Å². The van der Waals surface area contributed by atoms with E-state index in [1.54, 1.807) is 18.3 Å². The molecule has 1 aromatic carbocycles. The zero-order valence-corrected chi connectivity index (χ0v) is 17.3. The van der Waals surface area contributed by atoms with Gasteiger partial charge in [0.1, 0.15) is 5.75 Å². The number of sulfonamides is 1. The van der Waals surface area contributed by atoms with Crippen LogP contribution in [0.2, 0.25) is 0 Å². The van der Waals surface area contributed by atoms with Crippen LogP contribution in [0.4, 0.5) is 0 Å². The lowest BCUT2D eigenvalue weighted by molar-refractivity contribution is 0.415. The van der Waals surface area contributed by atoms with Crippen molar-refractivity contribution in [2.45, 2.75) is 38.6 Å². The van der Waals surface area contributed by atoms with Crippen molar-refractivity contribution in [2.75, 3.05) is 26.0 Å². The standard InChI is InChI=1S/C21H27N3O3S/c1-3-28(25,26)23-12-16-10-19-20(18(16)13-23)21(24(22-19)11-14-7-8-14)15-5-4-6-17(9-15)27-2/h4-6,9,14,16,18H,3,7-8,10-13H2,1-2H3/t16-,18+/m1/s1. The van der Waals surface area contributed by atoms with Crippen LogP contribution in [0.3, 0.4) is 0 Å². The summed E-state index contributed by atoms with van der Waals surface area (Å²) in [7, 11) is -1.46. The van der Waals surface area contributed by atoms with Crippen LogP contribution in [-0.2, 0) is 23.0 Å². The fourth-order valence-electron chi connectivity index (χ4n) is 4.84. The van der Waals surface area contributed by atoms with Crippen molar-refractivity contribution in [1.82, 2.24) is 14.1 Å². The van der Waals surface area contributed by atoms with E-state index >= 15 is 0 Å². The molecule has 0 radical (unpaired) electrons. The van der Waals surface area contributed by atoms with Crippen molar-refractivity contribution in [1.29, 1.82) is 0 Å². The van der Waals surface area contributed by atoms with E-state index in [4.69, 9.17) is 9.84 Å². The highest BCUT2D eigenvalue weighted by Gasteiger charge is 2.47. The second-order valence-corrected chi connectivity index (χ2v) is 10.6. The molecular weight excluding hydrogens is 374 g/mol. The van der Waals surface area contributed by atoms with Gasteiger partial charge in [-0.05, 0) is 50.2 Å². The number of ether oxygens (including phenoxy) is 1. The van der Waals surface area contributed by atoms with E-state index in [9.17, 15) is 8.42 Å². The molecule has 2 heterocycles. The Bertz CT molecular complexity index is 1010. The smallest absolute Gasteiger partial charge is 0.213 e. The van der Waals surface area contributed by atoms with Gasteiger partial charge in [0, 0.05) is 36.7 Å². The fraction of sp³-hybridized carbons (Fsp3) is 0.571. The van der Waals surface area contributed by atoms with Gasteiger partial charge in [0.2, 0.25) is 10.0 Å². The third-order valence-electron chi connectivity index (χ3n) is 6.53. The predicted molar refractivity (Wildman–Crippen MR) is 108 cm³/mol. The quantitative estimate of drug-likeness (QED) is 0.747. The first-order valence-corrected chi connectivity index (χ1v) is 11.8. The Kier molecular flexibility index (Phi) is 4.28. The Morgan fingerprint density at radius 1 is 1.25 bits per heavy atom. The van der Waals surface area contributed by atoms with Gasteiger partial charge < -0.3 is 4.74 Å². The van der Waals surface area contributed by atoms with Crippen molar-refractivity contribution in [3.63, 3.8) is 0 Å². The monoisotopic (exact) mass is 401 g/mol. The summed E-state index contributed by atoms with van der Waals surface area (Å²) in [6.07, 6.45) is 3.43. The average molecular weight is 402 g/mol. The molecule has 150 valence electrons. The van der Waals surface area contributed by atoms with E-state index in [1.165, 1.54) is 29.8 Å². The number of rotatable bonds is 6. The lowest BCUT2D eigenvalue weighted by Crippen LogP contribution is -2.31. The topological polar surface area (TPSA) is 64.4 Å². The Labute approximate surface area is 166 Å². The predicted octanol–water partition coefficient (Wildman–Crippen LogP) is 2.89. The Hall–Kier alpha value is -1.86. The van der Waals surface area contributed by atoms with Gasteiger partial charge in [0.05, 0.1) is 24.3 Å². The van der Waals surface area contributed by atoms with E-state index in [0.29, 0.717) is 19.0 Å². The highest BCUT2D eigenvalue weighted by molar-refractivity contribution is 7.89. The SMILES string of the molecule is CCS(=O)(=O)N1C[C@H]2Cc3nn(CC4CC4)c(-c4cccc(OC)c4)c3[C@H]2C1. The van der Waals surface area contributed by atoms with Gasteiger partial charge in [-0.1, -0.05) is 12.1 Å². The molecule has 1 saturated heterocycles. The minimum absolute atomic E-state index is 0.170. The number of aromatic nitrogens is 2. The molecule has 0 spiro atoms. The molecule has 2 fully saturated rings. The molecule has 6 nitrogen and oxygen atoms in total. The molecule has 1 aromatic heterocycles. The number of fused-ring (bicyclic) bond motifs is 3. The first-order valence-electron chi connectivity index (χ1n) is 10.2. The highest BCUT2D eigenvalue weighted by atomic mass is 32.2. The van der Waals surface area contributed by atoms with Crippen LogP contribution < -0.4 is 4.74 Å². The number of hydrogen-bond donors (Lipinski definition) is 0. The second-order valence-electron chi connectivity index (χ2n) is 8.35. The molecule has 0 bridgehead atoms. The van der Waals surface area contributed by atoms with E-state index in [-0.39, 0.29) is 11.7 Å². The number of benzene rings is 1. The Morgan fingerprint density at radius 3 is 2.79 bits per heavy atom. The van der Waals surface area contributed by atoms with Crippen LogP contribution in [0.1, 0.15) is 36.9 Å². The van der Waals surface area contributed by atoms with E-state index in [0.717, 1.165) is 30.2 Å². The molecule has 1 aliphatic heterocycles. The van der Waals surface area contributed by atoms with Gasteiger partial charge in [0.25, 0.3) is 0 Å². The van der Waals surface area contributed by atoms with Crippen molar-refractivity contribution in [3.05, 3.63) is 35.5 Å². The van der Waals surface area contributed by atoms with Gasteiger partial charge in [-0.25, -0.2) is 12.7 Å². The fourth-order valence-corrected chi connectivity index (χ4v) is 6.01. The van der Waals surface area contributed by atoms with Gasteiger partial charge in [-0.15, -0.1) is 0 Å². The zero-order chi connectivity index (χ0) is 19.5. The summed E-state index contributed by atoms with van der Waals surface area (Å²) in [6, 6.07) is 8.17. The first kappa shape index (κ1) is 18.2. The maximum absolute atomic E-state index is 12.4. The largest absolute Gasteiger partial charge is 0.497 e. The summed E-state index contributed by atoms with van der Waals surface area (Å²) >= 11 is 0. The minimum Gasteiger partial charge on any atom is -0.497 e. The van der Waals surface area contributed by atoms with Crippen LogP contribution in [0.25, 0.3) is 11.3 Å². The molecule has 1 saturated carbocycles. The zero-order valence-electron chi connectivity index (χ0n) is 16.5. The van der Waals surface area contributed by atoms with Crippen LogP contribution >= 0.6 is 0 Å². The Balaban J connectivity index is 1.57. The molecular formula is C21H27N3O3S. The van der Waals surface area contributed by atoms with E-state index in [1.807, 2.05) is 12.1 Å².